The molecule has 0 saturated carbocycles. The maximum atomic E-state index is 13.0. The Morgan fingerprint density at radius 2 is 1.26 bits per heavy atom. The van der Waals surface area contributed by atoms with Crippen LogP contribution in [0.15, 0.2) is 103 Å². The van der Waals surface area contributed by atoms with Crippen molar-refractivity contribution in [2.75, 3.05) is 10.6 Å². The van der Waals surface area contributed by atoms with E-state index in [1.165, 1.54) is 24.3 Å². The third-order valence-corrected chi connectivity index (χ3v) is 5.59. The van der Waals surface area contributed by atoms with Crippen molar-refractivity contribution in [3.8, 4) is 0 Å². The summed E-state index contributed by atoms with van der Waals surface area (Å²) in [5.74, 6) is -1.57. The van der Waals surface area contributed by atoms with Crippen LogP contribution in [0.1, 0.15) is 44.7 Å². The summed E-state index contributed by atoms with van der Waals surface area (Å²) in [6.07, 6.45) is 0. The Morgan fingerprint density at radius 1 is 0.657 bits per heavy atom. The van der Waals surface area contributed by atoms with Gasteiger partial charge in [-0.15, -0.1) is 0 Å². The standard InChI is InChI=1S/C29H23FN2O3/c1-19(22-8-5-9-23(18-22)27(33)20-6-3-2-4-7-20)28(34)31-25-14-10-21(11-15-25)29(35)32-26-16-12-24(30)13-17-26/h2-19H,1H3,(H,31,34)(H,32,35)/t19-/m1/s1. The zero-order chi connectivity index (χ0) is 24.8. The number of hydrogen-bond acceptors (Lipinski definition) is 3. The number of benzene rings is 4. The van der Waals surface area contributed by atoms with Crippen LogP contribution in [0.5, 0.6) is 0 Å². The van der Waals surface area contributed by atoms with Crippen molar-refractivity contribution in [3.05, 3.63) is 131 Å². The quantitative estimate of drug-likeness (QED) is 0.326. The number of rotatable bonds is 7. The number of nitrogens with one attached hydrogen (secondary N) is 2. The first-order valence-corrected chi connectivity index (χ1v) is 11.1. The minimum atomic E-state index is -0.500. The maximum Gasteiger partial charge on any atom is 0.255 e. The van der Waals surface area contributed by atoms with Crippen LogP contribution in [0, 0.1) is 5.82 Å². The molecule has 1 atom stereocenters. The first kappa shape index (κ1) is 23.6. The van der Waals surface area contributed by atoms with Crippen LogP contribution < -0.4 is 10.6 Å². The van der Waals surface area contributed by atoms with Gasteiger partial charge in [0.15, 0.2) is 5.78 Å². The van der Waals surface area contributed by atoms with Crippen LogP contribution in [0.25, 0.3) is 0 Å². The molecular weight excluding hydrogens is 443 g/mol. The maximum absolute atomic E-state index is 13.0. The molecule has 0 fully saturated rings. The summed E-state index contributed by atoms with van der Waals surface area (Å²) in [5.41, 5.74) is 3.24. The zero-order valence-corrected chi connectivity index (χ0v) is 19.0. The monoisotopic (exact) mass is 466 g/mol. The number of carbonyl (C=O) groups excluding carboxylic acids is 3. The molecule has 4 aromatic carbocycles. The SMILES string of the molecule is C[C@@H](C(=O)Nc1ccc(C(=O)Nc2ccc(F)cc2)cc1)c1cccc(C(=O)c2ccccc2)c1. The second kappa shape index (κ2) is 10.6. The van der Waals surface area contributed by atoms with Gasteiger partial charge in [0.2, 0.25) is 5.91 Å². The first-order valence-electron chi connectivity index (χ1n) is 11.1. The van der Waals surface area contributed by atoms with Crippen LogP contribution in [-0.2, 0) is 4.79 Å². The van der Waals surface area contributed by atoms with Gasteiger partial charge in [0.05, 0.1) is 5.92 Å². The molecule has 0 aliphatic heterocycles. The van der Waals surface area contributed by atoms with Crippen molar-refractivity contribution < 1.29 is 18.8 Å². The highest BCUT2D eigenvalue weighted by Gasteiger charge is 2.18. The fraction of sp³-hybridized carbons (Fsp3) is 0.0690. The summed E-state index contributed by atoms with van der Waals surface area (Å²) in [6, 6.07) is 28.0. The number of amides is 2. The molecule has 4 rings (SSSR count). The van der Waals surface area contributed by atoms with Crippen LogP contribution in [0.3, 0.4) is 0 Å². The number of halogens is 1. The summed E-state index contributed by atoms with van der Waals surface area (Å²) >= 11 is 0. The average Bonchev–Trinajstić information content (AvgIpc) is 2.90. The molecule has 2 amide bonds. The number of ketones is 1. The molecule has 0 aliphatic rings. The van der Waals surface area contributed by atoms with E-state index in [1.54, 1.807) is 61.5 Å². The van der Waals surface area contributed by atoms with E-state index in [4.69, 9.17) is 0 Å². The van der Waals surface area contributed by atoms with Gasteiger partial charge in [-0.1, -0.05) is 48.5 Å². The van der Waals surface area contributed by atoms with E-state index < -0.39 is 5.92 Å². The molecule has 0 aliphatic carbocycles. The van der Waals surface area contributed by atoms with Gasteiger partial charge in [0.1, 0.15) is 5.82 Å². The molecule has 5 nitrogen and oxygen atoms in total. The molecule has 0 unspecified atom stereocenters. The summed E-state index contributed by atoms with van der Waals surface area (Å²) in [4.78, 5) is 38.0. The lowest BCUT2D eigenvalue weighted by molar-refractivity contribution is -0.117. The van der Waals surface area contributed by atoms with Crippen molar-refractivity contribution in [2.24, 2.45) is 0 Å². The molecule has 0 heterocycles. The summed E-state index contributed by atoms with van der Waals surface area (Å²) < 4.78 is 13.0. The zero-order valence-electron chi connectivity index (χ0n) is 19.0. The van der Waals surface area contributed by atoms with Gasteiger partial charge in [0, 0.05) is 28.1 Å². The second-order valence-electron chi connectivity index (χ2n) is 8.07. The van der Waals surface area contributed by atoms with E-state index in [0.29, 0.717) is 28.1 Å². The first-order chi connectivity index (χ1) is 16.9. The number of hydrogen-bond donors (Lipinski definition) is 2. The second-order valence-corrected chi connectivity index (χ2v) is 8.07. The highest BCUT2D eigenvalue weighted by atomic mass is 19.1. The molecule has 174 valence electrons. The lowest BCUT2D eigenvalue weighted by atomic mass is 9.95. The van der Waals surface area contributed by atoms with Gasteiger partial charge in [-0.05, 0) is 67.1 Å². The van der Waals surface area contributed by atoms with E-state index in [9.17, 15) is 18.8 Å². The Balaban J connectivity index is 1.40. The minimum absolute atomic E-state index is 0.102. The van der Waals surface area contributed by atoms with Gasteiger partial charge in [0.25, 0.3) is 5.91 Å². The number of anilines is 2. The summed E-state index contributed by atoms with van der Waals surface area (Å²) in [6.45, 7) is 1.77. The minimum Gasteiger partial charge on any atom is -0.326 e. The molecule has 4 aromatic rings. The van der Waals surface area contributed by atoms with Crippen LogP contribution >= 0.6 is 0 Å². The predicted molar refractivity (Wildman–Crippen MR) is 134 cm³/mol. The fourth-order valence-electron chi connectivity index (χ4n) is 3.55. The lowest BCUT2D eigenvalue weighted by Gasteiger charge is -2.14. The van der Waals surface area contributed by atoms with Crippen molar-refractivity contribution in [3.63, 3.8) is 0 Å². The Labute approximate surface area is 202 Å². The highest BCUT2D eigenvalue weighted by Crippen LogP contribution is 2.21. The van der Waals surface area contributed by atoms with Gasteiger partial charge >= 0.3 is 0 Å². The molecule has 6 heteroatoms. The predicted octanol–water partition coefficient (Wildman–Crippen LogP) is 6.05. The molecular formula is C29H23FN2O3. The van der Waals surface area contributed by atoms with E-state index in [-0.39, 0.29) is 23.4 Å². The normalized spacial score (nSPS) is 11.4. The van der Waals surface area contributed by atoms with Crippen molar-refractivity contribution in [1.82, 2.24) is 0 Å². The molecule has 0 saturated heterocycles. The summed E-state index contributed by atoms with van der Waals surface area (Å²) in [7, 11) is 0. The highest BCUT2D eigenvalue weighted by molar-refractivity contribution is 6.09. The third kappa shape index (κ3) is 5.86. The van der Waals surface area contributed by atoms with Gasteiger partial charge in [-0.3, -0.25) is 14.4 Å². The fourth-order valence-corrected chi connectivity index (χ4v) is 3.55. The van der Waals surface area contributed by atoms with E-state index >= 15 is 0 Å². The van der Waals surface area contributed by atoms with Crippen molar-refractivity contribution >= 4 is 29.0 Å². The van der Waals surface area contributed by atoms with Gasteiger partial charge in [-0.25, -0.2) is 4.39 Å². The van der Waals surface area contributed by atoms with E-state index in [0.717, 1.165) is 5.56 Å². The van der Waals surface area contributed by atoms with E-state index in [1.807, 2.05) is 24.3 Å². The molecule has 2 N–H and O–H groups in total. The van der Waals surface area contributed by atoms with Gasteiger partial charge < -0.3 is 10.6 Å². The third-order valence-electron chi connectivity index (χ3n) is 5.59. The molecule has 0 aromatic heterocycles. The van der Waals surface area contributed by atoms with Crippen LogP contribution in [-0.4, -0.2) is 17.6 Å². The molecule has 0 radical (unpaired) electrons. The Morgan fingerprint density at radius 3 is 1.94 bits per heavy atom. The molecule has 0 bridgehead atoms. The molecule has 0 spiro atoms. The lowest BCUT2D eigenvalue weighted by Crippen LogP contribution is -2.19. The average molecular weight is 467 g/mol. The van der Waals surface area contributed by atoms with Gasteiger partial charge in [-0.2, -0.15) is 0 Å². The Bertz CT molecular complexity index is 1350. The molecule has 35 heavy (non-hydrogen) atoms. The summed E-state index contributed by atoms with van der Waals surface area (Å²) in [5, 5.41) is 5.54. The van der Waals surface area contributed by atoms with Crippen molar-refractivity contribution in [1.29, 1.82) is 0 Å². The smallest absolute Gasteiger partial charge is 0.255 e. The van der Waals surface area contributed by atoms with Crippen LogP contribution in [0.2, 0.25) is 0 Å². The largest absolute Gasteiger partial charge is 0.326 e. The Kier molecular flexibility index (Phi) is 7.12. The topological polar surface area (TPSA) is 75.3 Å². The van der Waals surface area contributed by atoms with Crippen molar-refractivity contribution in [2.45, 2.75) is 12.8 Å². The number of carbonyl (C=O) groups is 3. The Hall–Kier alpha value is -4.58. The van der Waals surface area contributed by atoms with E-state index in [2.05, 4.69) is 10.6 Å². The van der Waals surface area contributed by atoms with Crippen LogP contribution in [0.4, 0.5) is 15.8 Å².